The van der Waals surface area contributed by atoms with Gasteiger partial charge in [-0.2, -0.15) is 0 Å². The van der Waals surface area contributed by atoms with Crippen LogP contribution < -0.4 is 19.6 Å². The third-order valence-corrected chi connectivity index (χ3v) is 9.75. The van der Waals surface area contributed by atoms with Crippen molar-refractivity contribution in [1.82, 2.24) is 0 Å². The Morgan fingerprint density at radius 2 is 1.81 bits per heavy atom. The third-order valence-electron chi connectivity index (χ3n) is 4.64. The van der Waals surface area contributed by atoms with E-state index in [4.69, 9.17) is 13.9 Å². The van der Waals surface area contributed by atoms with Crippen molar-refractivity contribution in [2.24, 2.45) is 0 Å². The van der Waals surface area contributed by atoms with E-state index in [-0.39, 0.29) is 33.4 Å². The fourth-order valence-electron chi connectivity index (χ4n) is 3.15. The van der Waals surface area contributed by atoms with Gasteiger partial charge in [0.25, 0.3) is 10.0 Å². The van der Waals surface area contributed by atoms with Crippen molar-refractivity contribution in [2.45, 2.75) is 4.21 Å². The van der Waals surface area contributed by atoms with Gasteiger partial charge in [0.15, 0.2) is 17.3 Å². The highest BCUT2D eigenvalue weighted by atomic mass is 79.9. The van der Waals surface area contributed by atoms with Gasteiger partial charge in [-0.3, -0.25) is 9.52 Å². The second kappa shape index (κ2) is 7.80. The van der Waals surface area contributed by atoms with E-state index in [1.165, 1.54) is 24.3 Å². The molecular weight excluding hydrogens is 590 g/mol. The van der Waals surface area contributed by atoms with E-state index in [1.807, 2.05) is 0 Å². The first-order valence-corrected chi connectivity index (χ1v) is 12.8. The number of hydrogen-bond acceptors (Lipinski definition) is 8. The molecule has 2 N–H and O–H groups in total. The Morgan fingerprint density at radius 1 is 1.03 bits per heavy atom. The highest BCUT2D eigenvalue weighted by Gasteiger charge is 2.22. The minimum Gasteiger partial charge on any atom is -0.502 e. The smallest absolute Gasteiger partial charge is 0.271 e. The van der Waals surface area contributed by atoms with Crippen molar-refractivity contribution >= 4 is 69.9 Å². The summed E-state index contributed by atoms with van der Waals surface area (Å²) in [6.07, 6.45) is 0. The first kappa shape index (κ1) is 21.3. The lowest BCUT2D eigenvalue weighted by atomic mass is 10.1. The predicted molar refractivity (Wildman–Crippen MR) is 126 cm³/mol. The molecular formula is C20H11Br2NO7S2. The van der Waals surface area contributed by atoms with Gasteiger partial charge in [0, 0.05) is 15.7 Å². The number of sulfonamides is 1. The topological polar surface area (TPSA) is 115 Å². The molecule has 0 unspecified atom stereocenters. The van der Waals surface area contributed by atoms with Gasteiger partial charge in [0.1, 0.15) is 9.79 Å². The second-order valence-electron chi connectivity index (χ2n) is 6.68. The van der Waals surface area contributed by atoms with E-state index in [2.05, 4.69) is 36.6 Å². The second-order valence-corrected chi connectivity index (χ2v) is 11.8. The standard InChI is InChI=1S/C20H11Br2NO7S2/c21-12-7-16(31-20(12)22)32(26,27)23-10-2-4-13-11(6-10)17(24)18(25)19(30-13)9-1-3-14-15(5-9)29-8-28-14/h1-7,23,25H,8H2. The Kier molecular flexibility index (Phi) is 5.19. The van der Waals surface area contributed by atoms with E-state index < -0.39 is 21.2 Å². The Labute approximate surface area is 201 Å². The van der Waals surface area contributed by atoms with E-state index in [1.54, 1.807) is 18.2 Å². The largest absolute Gasteiger partial charge is 0.502 e. The molecule has 0 spiro atoms. The summed E-state index contributed by atoms with van der Waals surface area (Å²) in [5.74, 6) is 0.407. The summed E-state index contributed by atoms with van der Waals surface area (Å²) in [7, 11) is -3.88. The third kappa shape index (κ3) is 3.66. The number of anilines is 1. The summed E-state index contributed by atoms with van der Waals surface area (Å²) in [5, 5.41) is 10.5. The van der Waals surface area contributed by atoms with E-state index in [0.29, 0.717) is 25.3 Å². The molecule has 0 saturated heterocycles. The zero-order valence-electron chi connectivity index (χ0n) is 15.7. The van der Waals surface area contributed by atoms with Crippen LogP contribution in [-0.2, 0) is 10.0 Å². The SMILES string of the molecule is O=c1c(O)c(-c2ccc3c(c2)OCO3)oc2ccc(NS(=O)(=O)c3cc(Br)c(Br)s3)cc12. The number of hydrogen-bond donors (Lipinski definition) is 2. The summed E-state index contributed by atoms with van der Waals surface area (Å²) >= 11 is 7.57. The highest BCUT2D eigenvalue weighted by molar-refractivity contribution is 9.13. The average molecular weight is 601 g/mol. The van der Waals surface area contributed by atoms with Crippen LogP contribution in [0, 0.1) is 0 Å². The molecule has 0 radical (unpaired) electrons. The fraction of sp³-hybridized carbons (Fsp3) is 0.0500. The van der Waals surface area contributed by atoms with Crippen molar-refractivity contribution in [3.63, 3.8) is 0 Å². The number of halogens is 2. The van der Waals surface area contributed by atoms with Crippen LogP contribution in [0.4, 0.5) is 5.69 Å². The minimum atomic E-state index is -3.88. The van der Waals surface area contributed by atoms with Crippen LogP contribution in [0.5, 0.6) is 17.2 Å². The van der Waals surface area contributed by atoms with Crippen LogP contribution >= 0.6 is 43.2 Å². The summed E-state index contributed by atoms with van der Waals surface area (Å²) in [5.41, 5.74) is 0.0802. The van der Waals surface area contributed by atoms with Crippen molar-refractivity contribution in [3.05, 3.63) is 60.9 Å². The maximum absolute atomic E-state index is 12.8. The Bertz CT molecular complexity index is 1540. The summed E-state index contributed by atoms with van der Waals surface area (Å²) < 4.78 is 45.5. The van der Waals surface area contributed by atoms with Crippen LogP contribution in [-0.4, -0.2) is 20.3 Å². The molecule has 0 saturated carbocycles. The van der Waals surface area contributed by atoms with Crippen LogP contribution in [0.3, 0.4) is 0 Å². The van der Waals surface area contributed by atoms with E-state index in [9.17, 15) is 18.3 Å². The Hall–Kier alpha value is -2.54. The van der Waals surface area contributed by atoms with Gasteiger partial charge in [-0.1, -0.05) is 0 Å². The fourth-order valence-corrected chi connectivity index (χ4v) is 7.02. The quantitative estimate of drug-likeness (QED) is 0.327. The van der Waals surface area contributed by atoms with Gasteiger partial charge in [-0.05, 0) is 74.3 Å². The summed E-state index contributed by atoms with van der Waals surface area (Å²) in [4.78, 5) is 12.8. The number of rotatable bonds is 4. The summed E-state index contributed by atoms with van der Waals surface area (Å²) in [6.45, 7) is 0.0878. The molecule has 0 aliphatic carbocycles. The molecule has 2 aromatic heterocycles. The van der Waals surface area contributed by atoms with Gasteiger partial charge in [-0.25, -0.2) is 8.42 Å². The number of nitrogens with one attached hydrogen (secondary N) is 1. The molecule has 32 heavy (non-hydrogen) atoms. The zero-order valence-corrected chi connectivity index (χ0v) is 20.5. The lowest BCUT2D eigenvalue weighted by Crippen LogP contribution is -2.12. The van der Waals surface area contributed by atoms with Crippen molar-refractivity contribution in [2.75, 3.05) is 11.5 Å². The number of fused-ring (bicyclic) bond motifs is 2. The molecule has 12 heteroatoms. The molecule has 0 fully saturated rings. The monoisotopic (exact) mass is 599 g/mol. The first-order chi connectivity index (χ1) is 15.2. The molecule has 2 aromatic carbocycles. The zero-order chi connectivity index (χ0) is 22.6. The molecule has 0 amide bonds. The predicted octanol–water partition coefficient (Wildman–Crippen LogP) is 5.28. The van der Waals surface area contributed by atoms with Crippen LogP contribution in [0.15, 0.2) is 64.1 Å². The van der Waals surface area contributed by atoms with Crippen molar-refractivity contribution in [1.29, 1.82) is 0 Å². The number of ether oxygens (including phenoxy) is 2. The summed E-state index contributed by atoms with van der Waals surface area (Å²) in [6, 6.07) is 10.6. The van der Waals surface area contributed by atoms with Gasteiger partial charge in [0.05, 0.1) is 9.17 Å². The van der Waals surface area contributed by atoms with Crippen molar-refractivity contribution < 1.29 is 27.4 Å². The molecule has 8 nitrogen and oxygen atoms in total. The van der Waals surface area contributed by atoms with Gasteiger partial charge < -0.3 is 19.0 Å². The van der Waals surface area contributed by atoms with E-state index in [0.717, 1.165) is 11.3 Å². The number of thiophene rings is 1. The Morgan fingerprint density at radius 3 is 2.56 bits per heavy atom. The maximum Gasteiger partial charge on any atom is 0.271 e. The Balaban J connectivity index is 1.55. The first-order valence-electron chi connectivity index (χ1n) is 8.90. The van der Waals surface area contributed by atoms with Gasteiger partial charge >= 0.3 is 0 Å². The number of benzene rings is 2. The van der Waals surface area contributed by atoms with Gasteiger partial charge in [-0.15, -0.1) is 11.3 Å². The molecule has 0 atom stereocenters. The van der Waals surface area contributed by atoms with Crippen molar-refractivity contribution in [3.8, 4) is 28.6 Å². The maximum atomic E-state index is 12.8. The molecule has 0 bridgehead atoms. The molecule has 5 rings (SSSR count). The molecule has 164 valence electrons. The molecule has 1 aliphatic heterocycles. The molecule has 3 heterocycles. The normalized spacial score (nSPS) is 12.9. The van der Waals surface area contributed by atoms with Gasteiger partial charge in [0.2, 0.25) is 18.0 Å². The van der Waals surface area contributed by atoms with Crippen LogP contribution in [0.1, 0.15) is 0 Å². The molecule has 1 aliphatic rings. The van der Waals surface area contributed by atoms with Crippen LogP contribution in [0.2, 0.25) is 0 Å². The number of aromatic hydroxyl groups is 1. The molecule has 4 aromatic rings. The lowest BCUT2D eigenvalue weighted by molar-refractivity contribution is 0.174. The van der Waals surface area contributed by atoms with Crippen LogP contribution in [0.25, 0.3) is 22.3 Å². The van der Waals surface area contributed by atoms with E-state index >= 15 is 0 Å². The highest BCUT2D eigenvalue weighted by Crippen LogP contribution is 2.39. The lowest BCUT2D eigenvalue weighted by Gasteiger charge is -2.09. The average Bonchev–Trinajstić information content (AvgIpc) is 3.37. The minimum absolute atomic E-state index is 0.0255.